The number of hydrogen-bond donors (Lipinski definition) is 5. The number of hydrogen-bond acceptors (Lipinski definition) is 10. The van der Waals surface area contributed by atoms with Gasteiger partial charge in [-0.2, -0.15) is 4.57 Å². The minimum atomic E-state index is -3.04. The fourth-order valence-corrected chi connectivity index (χ4v) is 5.04. The third-order valence-corrected chi connectivity index (χ3v) is 8.54. The number of rotatable bonds is 8. The monoisotopic (exact) mass is 796 g/mol. The van der Waals surface area contributed by atoms with Gasteiger partial charge in [0.1, 0.15) is 21.7 Å². The molecular formula is C23H32Cl6N4O8P2S. The third-order valence-electron chi connectivity index (χ3n) is 4.41. The summed E-state index contributed by atoms with van der Waals surface area (Å²) in [6, 6.07) is 0. The van der Waals surface area contributed by atoms with Crippen LogP contribution in [0.5, 0.6) is 5.75 Å². The fourth-order valence-electron chi connectivity index (χ4n) is 2.49. The van der Waals surface area contributed by atoms with Crippen LogP contribution in [-0.4, -0.2) is 43.4 Å². The highest BCUT2D eigenvalue weighted by molar-refractivity contribution is 7.32. The molecular weight excluding hydrogens is 767 g/mol. The molecule has 2 atom stereocenters. The molecule has 2 aromatic heterocycles. The number of aliphatic hydroxyl groups is 1. The van der Waals surface area contributed by atoms with Crippen molar-refractivity contribution < 1.29 is 55.2 Å². The third kappa shape index (κ3) is 17.1. The zero-order chi connectivity index (χ0) is 33.9. The van der Waals surface area contributed by atoms with E-state index in [0.29, 0.717) is 24.6 Å². The summed E-state index contributed by atoms with van der Waals surface area (Å²) in [7, 11) is -6.08. The van der Waals surface area contributed by atoms with Gasteiger partial charge in [-0.25, -0.2) is 9.97 Å². The van der Waals surface area contributed by atoms with Gasteiger partial charge in [0.25, 0.3) is 0 Å². The zero-order valence-electron chi connectivity index (χ0n) is 23.3. The number of phenols is 1. The Morgan fingerprint density at radius 1 is 0.955 bits per heavy atom. The highest BCUT2D eigenvalue weighted by atomic mass is 35.5. The quantitative estimate of drug-likeness (QED) is 0.0560. The smallest absolute Gasteiger partial charge is 0.318 e. The molecule has 6 N–H and O–H groups in total. The van der Waals surface area contributed by atoms with Gasteiger partial charge in [-0.3, -0.25) is 18.2 Å². The molecule has 0 aliphatic carbocycles. The summed E-state index contributed by atoms with van der Waals surface area (Å²) < 4.78 is 29.3. The van der Waals surface area contributed by atoms with Gasteiger partial charge in [-0.15, -0.1) is 26.3 Å². The highest BCUT2D eigenvalue weighted by Gasteiger charge is 2.18. The summed E-state index contributed by atoms with van der Waals surface area (Å²) >= 11 is 29.6. The number of aromatic nitrogens is 3. The molecule has 0 aliphatic heterocycles. The topological polar surface area (TPSA) is 189 Å². The maximum Gasteiger partial charge on any atom is 0.318 e. The van der Waals surface area contributed by atoms with Crippen molar-refractivity contribution in [1.29, 1.82) is 0 Å². The van der Waals surface area contributed by atoms with Crippen molar-refractivity contribution in [3.05, 3.63) is 85.1 Å². The largest absolute Gasteiger partial charge is 1.00 e. The van der Waals surface area contributed by atoms with Gasteiger partial charge >= 0.3 is 16.5 Å². The second-order valence-electron chi connectivity index (χ2n) is 7.02. The fraction of sp³-hybridized carbons (Fsp3) is 0.261. The standard InChI is InChI=1S/C12H17N4OS.C6HCl5O.2C2H4.CH6O6P2.ClH/c1-8-11(3-4-17)18-7-16(8)6-10-5-14-9(2)15-12(10)13;7-1-2(8)4(10)6(12)5(11)3(1)9;2*1-2;2-8(3)6-1-7-9(4)5;/h5,7,17H,3-4,6H2,1-2H3,(H2,13,14,15);12H;2*1-2H2;8-9H,1H2,(H,2,3)(H,4,5);1H/q+1;;;;;/p-1. The van der Waals surface area contributed by atoms with Crippen molar-refractivity contribution >= 4 is 91.7 Å². The summed E-state index contributed by atoms with van der Waals surface area (Å²) in [5.74, 6) is 0.853. The molecule has 0 amide bonds. The number of benzene rings is 1. The van der Waals surface area contributed by atoms with Crippen LogP contribution in [0.4, 0.5) is 5.82 Å². The molecule has 3 rings (SSSR count). The molecule has 0 aliphatic rings. The zero-order valence-corrected chi connectivity index (χ0v) is 30.7. The van der Waals surface area contributed by atoms with Crippen molar-refractivity contribution in [1.82, 2.24) is 9.97 Å². The van der Waals surface area contributed by atoms with E-state index in [1.165, 1.54) is 4.88 Å². The minimum absolute atomic E-state index is 0. The van der Waals surface area contributed by atoms with Crippen LogP contribution in [0, 0.1) is 13.8 Å². The lowest BCUT2D eigenvalue weighted by molar-refractivity contribution is -0.689. The van der Waals surface area contributed by atoms with Crippen LogP contribution in [0.15, 0.2) is 38.0 Å². The SMILES string of the molecule is C=C.C=C.Cc1ncc(C[n+]2csc(CCO)c2C)c(N)n1.O=[PH](O)OCO[PH](=O)O.Oc1c(Cl)c(Cl)c(Cl)c(Cl)c1Cl.[Cl-]. The van der Waals surface area contributed by atoms with Gasteiger partial charge in [0.05, 0.1) is 25.5 Å². The van der Waals surface area contributed by atoms with Gasteiger partial charge in [0, 0.05) is 26.1 Å². The molecule has 3 aromatic rings. The van der Waals surface area contributed by atoms with E-state index in [-0.39, 0.29) is 49.9 Å². The summed E-state index contributed by atoms with van der Waals surface area (Å²) in [6.07, 6.45) is 2.47. The van der Waals surface area contributed by atoms with Crippen LogP contribution in [0.3, 0.4) is 0 Å². The van der Waals surface area contributed by atoms with E-state index < -0.39 is 23.3 Å². The lowest BCUT2D eigenvalue weighted by atomic mass is 10.2. The average Bonchev–Trinajstić information content (AvgIpc) is 3.32. The Hall–Kier alpha value is -0.990. The molecule has 0 fully saturated rings. The molecule has 250 valence electrons. The van der Waals surface area contributed by atoms with E-state index in [0.717, 1.165) is 11.3 Å². The van der Waals surface area contributed by atoms with E-state index >= 15 is 0 Å². The first kappa shape index (κ1) is 47.4. The van der Waals surface area contributed by atoms with E-state index in [1.807, 2.05) is 19.4 Å². The van der Waals surface area contributed by atoms with Crippen molar-refractivity contribution in [2.24, 2.45) is 0 Å². The number of nitrogen functional groups attached to an aromatic ring is 1. The second kappa shape index (κ2) is 26.1. The molecule has 1 aromatic carbocycles. The Morgan fingerprint density at radius 3 is 1.82 bits per heavy atom. The van der Waals surface area contributed by atoms with Gasteiger partial charge in [0.15, 0.2) is 24.8 Å². The van der Waals surface area contributed by atoms with Crippen molar-refractivity contribution in [2.45, 2.75) is 26.8 Å². The molecule has 0 saturated carbocycles. The van der Waals surface area contributed by atoms with Crippen molar-refractivity contribution in [3.63, 3.8) is 0 Å². The number of phenolic OH excluding ortho intramolecular Hbond substituents is 1. The Morgan fingerprint density at radius 2 is 1.41 bits per heavy atom. The molecule has 44 heavy (non-hydrogen) atoms. The first-order valence-corrected chi connectivity index (χ1v) is 16.6. The van der Waals surface area contributed by atoms with Crippen molar-refractivity contribution in [3.8, 4) is 5.75 Å². The van der Waals surface area contributed by atoms with Crippen LogP contribution >= 0.6 is 85.9 Å². The van der Waals surface area contributed by atoms with Crippen LogP contribution in [0.2, 0.25) is 25.1 Å². The maximum atomic E-state index is 9.69. The number of aryl methyl sites for hydroxylation is 1. The maximum absolute atomic E-state index is 9.69. The molecule has 2 unspecified atom stereocenters. The molecule has 0 radical (unpaired) electrons. The van der Waals surface area contributed by atoms with Crippen LogP contribution in [0.1, 0.15) is 22.0 Å². The van der Waals surface area contributed by atoms with Crippen molar-refractivity contribution in [2.75, 3.05) is 19.1 Å². The van der Waals surface area contributed by atoms with E-state index in [1.54, 1.807) is 17.5 Å². The molecule has 0 bridgehead atoms. The molecule has 12 nitrogen and oxygen atoms in total. The summed E-state index contributed by atoms with van der Waals surface area (Å²) in [6.45, 7) is 16.1. The average molecular weight is 799 g/mol. The Labute approximate surface area is 292 Å². The molecule has 21 heteroatoms. The lowest BCUT2D eigenvalue weighted by Gasteiger charge is -2.06. The Balaban J connectivity index is -0.000000567. The first-order chi connectivity index (χ1) is 20.2. The lowest BCUT2D eigenvalue weighted by Crippen LogP contribution is -3.00. The summed E-state index contributed by atoms with van der Waals surface area (Å²) in [5, 5.41) is 18.0. The second-order valence-corrected chi connectivity index (χ2v) is 11.5. The molecule has 0 spiro atoms. The van der Waals surface area contributed by atoms with Gasteiger partial charge in [0.2, 0.25) is 5.51 Å². The predicted molar refractivity (Wildman–Crippen MR) is 175 cm³/mol. The summed E-state index contributed by atoms with van der Waals surface area (Å²) in [5.41, 5.74) is 10.0. The van der Waals surface area contributed by atoms with E-state index in [2.05, 4.69) is 49.9 Å². The predicted octanol–water partition coefficient (Wildman–Crippen LogP) is 3.62. The number of thiazole rings is 1. The van der Waals surface area contributed by atoms with Crippen LogP contribution < -0.4 is 22.7 Å². The normalized spacial score (nSPS) is 11.0. The van der Waals surface area contributed by atoms with Gasteiger partial charge in [-0.1, -0.05) is 69.3 Å². The highest BCUT2D eigenvalue weighted by Crippen LogP contribution is 2.47. The Bertz CT molecular complexity index is 1240. The number of nitrogens with two attached hydrogens (primary N) is 1. The van der Waals surface area contributed by atoms with Gasteiger partial charge < -0.3 is 38.1 Å². The number of nitrogens with zero attached hydrogens (tertiary/aromatic N) is 3. The molecule has 0 saturated heterocycles. The van der Waals surface area contributed by atoms with E-state index in [9.17, 15) is 14.2 Å². The summed E-state index contributed by atoms with van der Waals surface area (Å²) in [4.78, 5) is 25.4. The van der Waals surface area contributed by atoms with Gasteiger partial charge in [-0.05, 0) is 6.92 Å². The number of aromatic hydroxyl groups is 1. The minimum Gasteiger partial charge on any atom is -1.00 e. The Kier molecular flexibility index (Phi) is 28.1. The van der Waals surface area contributed by atoms with Crippen LogP contribution in [-0.2, 0) is 31.1 Å². The van der Waals surface area contributed by atoms with Crippen LogP contribution in [0.25, 0.3) is 0 Å². The number of anilines is 1. The van der Waals surface area contributed by atoms with E-state index in [4.69, 9.17) is 78.6 Å². The number of aliphatic hydroxyl groups excluding tert-OH is 1. The number of halogens is 6. The first-order valence-electron chi connectivity index (χ1n) is 11.3. The molecule has 2 heterocycles.